The van der Waals surface area contributed by atoms with Crippen molar-refractivity contribution in [3.8, 4) is 0 Å². The van der Waals surface area contributed by atoms with Crippen molar-refractivity contribution in [2.45, 2.75) is 20.3 Å². The smallest absolute Gasteiger partial charge is 0.211 e. The average Bonchev–Trinajstić information content (AvgIpc) is 2.15. The van der Waals surface area contributed by atoms with E-state index >= 15 is 0 Å². The Balaban J connectivity index is 2.72. The summed E-state index contributed by atoms with van der Waals surface area (Å²) in [6, 6.07) is 0. The van der Waals surface area contributed by atoms with Crippen LogP contribution in [0.15, 0.2) is 34.0 Å². The molecule has 4 N–H and O–H groups in total. The Kier molecular flexibility index (Phi) is 3.45. The predicted octanol–water partition coefficient (Wildman–Crippen LogP) is 1.16. The Morgan fingerprint density at radius 2 is 2.14 bits per heavy atom. The Morgan fingerprint density at radius 3 is 2.64 bits per heavy atom. The lowest BCUT2D eigenvalue weighted by atomic mass is 9.96. The zero-order valence-electron chi connectivity index (χ0n) is 8.57. The fourth-order valence-corrected chi connectivity index (χ4v) is 1.19. The van der Waals surface area contributed by atoms with Gasteiger partial charge in [-0.15, -0.1) is 5.10 Å². The van der Waals surface area contributed by atoms with Crippen LogP contribution in [0.2, 0.25) is 0 Å². The van der Waals surface area contributed by atoms with E-state index in [4.69, 9.17) is 11.5 Å². The lowest BCUT2D eigenvalue weighted by Crippen LogP contribution is -2.22. The van der Waals surface area contributed by atoms with Gasteiger partial charge >= 0.3 is 0 Å². The molecule has 0 bridgehead atoms. The van der Waals surface area contributed by atoms with Gasteiger partial charge in [-0.1, -0.05) is 25.2 Å². The summed E-state index contributed by atoms with van der Waals surface area (Å²) in [5, 5.41) is 7.51. The summed E-state index contributed by atoms with van der Waals surface area (Å²) < 4.78 is 0. The average molecular weight is 192 g/mol. The number of rotatable bonds is 2. The number of hydrogen-bond donors (Lipinski definition) is 2. The maximum atomic E-state index is 5.18. The maximum Gasteiger partial charge on any atom is 0.211 e. The molecule has 1 unspecified atom stereocenters. The van der Waals surface area contributed by atoms with Crippen molar-refractivity contribution in [2.24, 2.45) is 27.6 Å². The first kappa shape index (κ1) is 10.5. The van der Waals surface area contributed by atoms with Gasteiger partial charge in [0, 0.05) is 0 Å². The Hall–Kier alpha value is -1.58. The Morgan fingerprint density at radius 1 is 1.43 bits per heavy atom. The summed E-state index contributed by atoms with van der Waals surface area (Å²) >= 11 is 0. The molecule has 0 aromatic carbocycles. The molecule has 1 rings (SSSR count). The molecule has 1 atom stereocenters. The third-order valence-electron chi connectivity index (χ3n) is 2.05. The summed E-state index contributed by atoms with van der Waals surface area (Å²) in [7, 11) is 0. The zero-order valence-corrected chi connectivity index (χ0v) is 8.57. The first-order valence-corrected chi connectivity index (χ1v) is 4.61. The lowest BCUT2D eigenvalue weighted by molar-refractivity contribution is 0.734. The van der Waals surface area contributed by atoms with Gasteiger partial charge in [-0.3, -0.25) is 0 Å². The maximum absolute atomic E-state index is 5.18. The van der Waals surface area contributed by atoms with Crippen molar-refractivity contribution >= 4 is 11.7 Å². The van der Waals surface area contributed by atoms with Crippen molar-refractivity contribution in [3.63, 3.8) is 0 Å². The number of nitrogens with two attached hydrogens (primary N) is 2. The van der Waals surface area contributed by atoms with E-state index in [1.54, 1.807) is 0 Å². The molecule has 0 radical (unpaired) electrons. The molecule has 4 heteroatoms. The van der Waals surface area contributed by atoms with Crippen LogP contribution in [0, 0.1) is 5.92 Å². The van der Waals surface area contributed by atoms with Gasteiger partial charge in [0.2, 0.25) is 5.96 Å². The van der Waals surface area contributed by atoms with E-state index in [-0.39, 0.29) is 5.96 Å². The van der Waals surface area contributed by atoms with Crippen LogP contribution in [0.4, 0.5) is 0 Å². The van der Waals surface area contributed by atoms with Crippen LogP contribution in [0.5, 0.6) is 0 Å². The standard InChI is InChI=1S/C10H16N4/c1-7-3-5-9(6-4-7)8(2)13-14-10(11)12/h3,5-7H,4H2,1-2H3,(H4,11,12,14)/b13-8+. The molecule has 0 amide bonds. The SMILES string of the molecule is C/C(=N\N=C(N)N)C1=CCC(C)C=C1. The molecule has 1 aliphatic carbocycles. The van der Waals surface area contributed by atoms with E-state index in [0.29, 0.717) is 5.92 Å². The van der Waals surface area contributed by atoms with Crippen molar-refractivity contribution in [1.82, 2.24) is 0 Å². The van der Waals surface area contributed by atoms with Gasteiger partial charge in [0.1, 0.15) is 0 Å². The van der Waals surface area contributed by atoms with E-state index in [9.17, 15) is 0 Å². The lowest BCUT2D eigenvalue weighted by Gasteiger charge is -2.10. The van der Waals surface area contributed by atoms with Gasteiger partial charge in [-0.25, -0.2) is 0 Å². The number of guanidine groups is 1. The van der Waals surface area contributed by atoms with E-state index < -0.39 is 0 Å². The van der Waals surface area contributed by atoms with Crippen molar-refractivity contribution in [2.75, 3.05) is 0 Å². The molecule has 76 valence electrons. The topological polar surface area (TPSA) is 76.8 Å². The van der Waals surface area contributed by atoms with Gasteiger partial charge in [0.05, 0.1) is 5.71 Å². The summed E-state index contributed by atoms with van der Waals surface area (Å²) in [6.45, 7) is 4.06. The van der Waals surface area contributed by atoms with Gasteiger partial charge < -0.3 is 11.5 Å². The molecule has 14 heavy (non-hydrogen) atoms. The van der Waals surface area contributed by atoms with Gasteiger partial charge in [-0.05, 0) is 24.8 Å². The summed E-state index contributed by atoms with van der Waals surface area (Å²) in [5.74, 6) is 0.590. The largest absolute Gasteiger partial charge is 0.369 e. The molecule has 0 saturated heterocycles. The highest BCUT2D eigenvalue weighted by atomic mass is 15.3. The second kappa shape index (κ2) is 4.60. The quantitative estimate of drug-likeness (QED) is 0.391. The number of nitrogens with zero attached hydrogens (tertiary/aromatic N) is 2. The highest BCUT2D eigenvalue weighted by Gasteiger charge is 2.05. The van der Waals surface area contributed by atoms with Crippen LogP contribution in [0.3, 0.4) is 0 Å². The van der Waals surface area contributed by atoms with E-state index in [1.807, 2.05) is 6.92 Å². The molecular weight excluding hydrogens is 176 g/mol. The van der Waals surface area contributed by atoms with Crippen LogP contribution in [0.25, 0.3) is 0 Å². The minimum absolute atomic E-state index is 0.0156. The minimum Gasteiger partial charge on any atom is -0.369 e. The summed E-state index contributed by atoms with van der Waals surface area (Å²) in [4.78, 5) is 0. The Labute approximate surface area is 84.1 Å². The first-order valence-electron chi connectivity index (χ1n) is 4.61. The van der Waals surface area contributed by atoms with Crippen LogP contribution in [-0.2, 0) is 0 Å². The van der Waals surface area contributed by atoms with Gasteiger partial charge in [-0.2, -0.15) is 5.10 Å². The van der Waals surface area contributed by atoms with Crippen molar-refractivity contribution in [1.29, 1.82) is 0 Å². The number of allylic oxidation sites excluding steroid dienone is 4. The molecule has 0 spiro atoms. The van der Waals surface area contributed by atoms with E-state index in [1.165, 1.54) is 0 Å². The molecule has 1 aliphatic rings. The molecule has 4 nitrogen and oxygen atoms in total. The second-order valence-electron chi connectivity index (χ2n) is 3.44. The fraction of sp³-hybridized carbons (Fsp3) is 0.400. The highest BCUT2D eigenvalue weighted by molar-refractivity contribution is 6.01. The van der Waals surface area contributed by atoms with Crippen molar-refractivity contribution in [3.05, 3.63) is 23.8 Å². The molecule has 0 heterocycles. The molecular formula is C10H16N4. The van der Waals surface area contributed by atoms with Crippen LogP contribution in [0.1, 0.15) is 20.3 Å². The predicted molar refractivity (Wildman–Crippen MR) is 59.9 cm³/mol. The number of hydrogen-bond acceptors (Lipinski definition) is 2. The fourth-order valence-electron chi connectivity index (χ4n) is 1.19. The van der Waals surface area contributed by atoms with E-state index in [2.05, 4.69) is 35.4 Å². The van der Waals surface area contributed by atoms with Crippen LogP contribution < -0.4 is 11.5 Å². The molecule has 0 aromatic rings. The molecule has 0 aliphatic heterocycles. The summed E-state index contributed by atoms with van der Waals surface area (Å²) in [5.41, 5.74) is 12.3. The zero-order chi connectivity index (χ0) is 10.6. The van der Waals surface area contributed by atoms with Gasteiger partial charge in [0.25, 0.3) is 0 Å². The van der Waals surface area contributed by atoms with Crippen LogP contribution in [-0.4, -0.2) is 11.7 Å². The Bertz CT molecular complexity index is 319. The first-order chi connectivity index (χ1) is 6.59. The highest BCUT2D eigenvalue weighted by Crippen LogP contribution is 2.16. The monoisotopic (exact) mass is 192 g/mol. The van der Waals surface area contributed by atoms with E-state index in [0.717, 1.165) is 17.7 Å². The molecule has 0 fully saturated rings. The third kappa shape index (κ3) is 3.05. The molecule has 0 aromatic heterocycles. The van der Waals surface area contributed by atoms with Crippen LogP contribution >= 0.6 is 0 Å². The third-order valence-corrected chi connectivity index (χ3v) is 2.05. The normalized spacial score (nSPS) is 21.7. The molecule has 0 saturated carbocycles. The van der Waals surface area contributed by atoms with Crippen molar-refractivity contribution < 1.29 is 0 Å². The second-order valence-corrected chi connectivity index (χ2v) is 3.44. The summed E-state index contributed by atoms with van der Waals surface area (Å²) in [6.07, 6.45) is 7.39. The minimum atomic E-state index is -0.0156. The van der Waals surface area contributed by atoms with Gasteiger partial charge in [0.15, 0.2) is 0 Å².